The molecule has 0 fully saturated rings. The Morgan fingerprint density at radius 1 is 0.455 bits per heavy atom. The molecule has 1 heterocycles. The summed E-state index contributed by atoms with van der Waals surface area (Å²) in [6.45, 7) is 4.01. The van der Waals surface area contributed by atoms with Crippen LogP contribution >= 0.6 is 0 Å². The van der Waals surface area contributed by atoms with Gasteiger partial charge in [-0.05, 0) is 57.6 Å². The van der Waals surface area contributed by atoms with E-state index >= 15 is 0 Å². The molecule has 2 heteroatoms. The minimum Gasteiger partial charge on any atom is -0.361 e. The first kappa shape index (κ1) is 19.5. The van der Waals surface area contributed by atoms with Crippen LogP contribution in [0.3, 0.4) is 0 Å². The van der Waals surface area contributed by atoms with Crippen molar-refractivity contribution >= 4 is 21.5 Å². The second-order valence-electron chi connectivity index (χ2n) is 8.48. The fourth-order valence-corrected chi connectivity index (χ4v) is 5.01. The maximum absolute atomic E-state index is 5.57. The molecule has 0 unspecified atom stereocenters. The van der Waals surface area contributed by atoms with Gasteiger partial charge in [0.15, 0.2) is 0 Å². The predicted octanol–water partition coefficient (Wildman–Crippen LogP) is 8.60. The number of fused-ring (bicyclic) bond motifs is 2. The van der Waals surface area contributed by atoms with Crippen molar-refractivity contribution in [1.29, 1.82) is 0 Å². The zero-order chi connectivity index (χ0) is 22.4. The van der Waals surface area contributed by atoms with E-state index in [1.807, 2.05) is 13.8 Å². The van der Waals surface area contributed by atoms with Crippen LogP contribution in [0.25, 0.3) is 54.9 Å². The summed E-state index contributed by atoms with van der Waals surface area (Å²) < 4.78 is 5.57. The molecule has 0 bridgehead atoms. The van der Waals surface area contributed by atoms with Crippen LogP contribution in [0.15, 0.2) is 108 Å². The Hall–Kier alpha value is -4.17. The van der Waals surface area contributed by atoms with E-state index in [9.17, 15) is 0 Å². The van der Waals surface area contributed by atoms with Gasteiger partial charge in [-0.2, -0.15) is 0 Å². The summed E-state index contributed by atoms with van der Waals surface area (Å²) in [5, 5.41) is 9.15. The van der Waals surface area contributed by atoms with E-state index in [4.69, 9.17) is 4.52 Å². The molecule has 5 aromatic carbocycles. The van der Waals surface area contributed by atoms with Gasteiger partial charge in [-0.25, -0.2) is 0 Å². The molecule has 1 aromatic heterocycles. The third-order valence-corrected chi connectivity index (χ3v) is 6.50. The number of hydrogen-bond donors (Lipinski definition) is 0. The van der Waals surface area contributed by atoms with Crippen LogP contribution < -0.4 is 0 Å². The Morgan fingerprint density at radius 3 is 1.42 bits per heavy atom. The Labute approximate surface area is 193 Å². The van der Waals surface area contributed by atoms with E-state index in [1.54, 1.807) is 0 Å². The summed E-state index contributed by atoms with van der Waals surface area (Å²) in [5.41, 5.74) is 8.13. The molecule has 2 nitrogen and oxygen atoms in total. The zero-order valence-corrected chi connectivity index (χ0v) is 18.7. The second-order valence-corrected chi connectivity index (χ2v) is 8.48. The first-order valence-electron chi connectivity index (χ1n) is 11.2. The van der Waals surface area contributed by atoms with Crippen LogP contribution in [-0.4, -0.2) is 5.16 Å². The first-order chi connectivity index (χ1) is 16.2. The number of nitrogens with zero attached hydrogens (tertiary/aromatic N) is 1. The highest BCUT2D eigenvalue weighted by Crippen LogP contribution is 2.45. The summed E-state index contributed by atoms with van der Waals surface area (Å²) in [4.78, 5) is 0. The van der Waals surface area contributed by atoms with Crippen molar-refractivity contribution in [2.75, 3.05) is 0 Å². The summed E-state index contributed by atoms with van der Waals surface area (Å²) >= 11 is 0. The average Bonchev–Trinajstić information content (AvgIpc) is 3.20. The van der Waals surface area contributed by atoms with Crippen LogP contribution in [-0.2, 0) is 0 Å². The monoisotopic (exact) mass is 425 g/mol. The molecule has 0 saturated carbocycles. The number of aromatic nitrogens is 1. The highest BCUT2D eigenvalue weighted by atomic mass is 16.5. The van der Waals surface area contributed by atoms with Gasteiger partial charge < -0.3 is 4.52 Å². The normalized spacial score (nSPS) is 11.3. The van der Waals surface area contributed by atoms with Crippen molar-refractivity contribution in [3.8, 4) is 33.4 Å². The standard InChI is InChI=1S/C31H23NO/c1-20-29(21(2)33-32-20)31-27-14-8-6-12-25(27)30(26-13-7-9-15-28(26)31)24-18-16-23(17-19-24)22-10-4-3-5-11-22/h3-19H,1-2H3. The molecule has 0 spiro atoms. The van der Waals surface area contributed by atoms with Gasteiger partial charge in [0.1, 0.15) is 5.76 Å². The molecule has 0 aliphatic heterocycles. The summed E-state index contributed by atoms with van der Waals surface area (Å²) in [7, 11) is 0. The Bertz CT molecular complexity index is 1530. The minimum atomic E-state index is 0.850. The Balaban J connectivity index is 1.67. The smallest absolute Gasteiger partial charge is 0.141 e. The molecular formula is C31H23NO. The molecule has 0 aliphatic rings. The van der Waals surface area contributed by atoms with Crippen LogP contribution in [0.1, 0.15) is 11.5 Å². The molecule has 33 heavy (non-hydrogen) atoms. The van der Waals surface area contributed by atoms with Crippen molar-refractivity contribution in [1.82, 2.24) is 5.16 Å². The van der Waals surface area contributed by atoms with E-state index in [2.05, 4.69) is 108 Å². The molecule has 0 aliphatic carbocycles. The quantitative estimate of drug-likeness (QED) is 0.265. The van der Waals surface area contributed by atoms with Crippen LogP contribution in [0.2, 0.25) is 0 Å². The minimum absolute atomic E-state index is 0.850. The lowest BCUT2D eigenvalue weighted by molar-refractivity contribution is 0.393. The number of hydrogen-bond acceptors (Lipinski definition) is 2. The summed E-state index contributed by atoms with van der Waals surface area (Å²) in [6.07, 6.45) is 0. The SMILES string of the molecule is Cc1noc(C)c1-c1c2ccccc2c(-c2ccc(-c3ccccc3)cc2)c2ccccc12. The van der Waals surface area contributed by atoms with Crippen LogP contribution in [0, 0.1) is 13.8 Å². The highest BCUT2D eigenvalue weighted by molar-refractivity contribution is 6.21. The van der Waals surface area contributed by atoms with E-state index in [1.165, 1.54) is 49.4 Å². The summed E-state index contributed by atoms with van der Waals surface area (Å²) in [6, 6.07) is 36.8. The summed E-state index contributed by atoms with van der Waals surface area (Å²) in [5.74, 6) is 0.850. The fourth-order valence-electron chi connectivity index (χ4n) is 5.01. The zero-order valence-electron chi connectivity index (χ0n) is 18.7. The van der Waals surface area contributed by atoms with E-state index in [0.29, 0.717) is 0 Å². The lowest BCUT2D eigenvalue weighted by Gasteiger charge is -2.17. The van der Waals surface area contributed by atoms with Crippen LogP contribution in [0.4, 0.5) is 0 Å². The first-order valence-corrected chi connectivity index (χ1v) is 11.2. The molecule has 6 rings (SSSR count). The van der Waals surface area contributed by atoms with E-state index < -0.39 is 0 Å². The lowest BCUT2D eigenvalue weighted by Crippen LogP contribution is -1.92. The Morgan fingerprint density at radius 2 is 0.909 bits per heavy atom. The van der Waals surface area contributed by atoms with E-state index in [0.717, 1.165) is 17.0 Å². The third-order valence-electron chi connectivity index (χ3n) is 6.50. The molecule has 0 N–H and O–H groups in total. The maximum atomic E-state index is 5.57. The fraction of sp³-hybridized carbons (Fsp3) is 0.0645. The van der Waals surface area contributed by atoms with Crippen molar-refractivity contribution in [2.45, 2.75) is 13.8 Å². The van der Waals surface area contributed by atoms with Crippen molar-refractivity contribution in [3.05, 3.63) is 115 Å². The van der Waals surface area contributed by atoms with Gasteiger partial charge in [-0.15, -0.1) is 0 Å². The van der Waals surface area contributed by atoms with E-state index in [-0.39, 0.29) is 0 Å². The topological polar surface area (TPSA) is 26.0 Å². The van der Waals surface area contributed by atoms with Gasteiger partial charge in [-0.1, -0.05) is 108 Å². The predicted molar refractivity (Wildman–Crippen MR) is 137 cm³/mol. The molecule has 0 saturated heterocycles. The van der Waals surface area contributed by atoms with Gasteiger partial charge in [0.2, 0.25) is 0 Å². The largest absolute Gasteiger partial charge is 0.361 e. The highest BCUT2D eigenvalue weighted by Gasteiger charge is 2.20. The third kappa shape index (κ3) is 3.15. The van der Waals surface area contributed by atoms with Crippen molar-refractivity contribution in [3.63, 3.8) is 0 Å². The van der Waals surface area contributed by atoms with Gasteiger partial charge in [-0.3, -0.25) is 0 Å². The molecule has 0 amide bonds. The molecule has 6 aromatic rings. The average molecular weight is 426 g/mol. The van der Waals surface area contributed by atoms with Gasteiger partial charge in [0.05, 0.1) is 5.69 Å². The van der Waals surface area contributed by atoms with Crippen molar-refractivity contribution in [2.24, 2.45) is 0 Å². The molecule has 158 valence electrons. The molecule has 0 radical (unpaired) electrons. The number of benzene rings is 5. The maximum Gasteiger partial charge on any atom is 0.141 e. The van der Waals surface area contributed by atoms with Gasteiger partial charge in [0.25, 0.3) is 0 Å². The van der Waals surface area contributed by atoms with Gasteiger partial charge in [0, 0.05) is 11.1 Å². The lowest BCUT2D eigenvalue weighted by atomic mass is 9.85. The molecule has 0 atom stereocenters. The van der Waals surface area contributed by atoms with Crippen molar-refractivity contribution < 1.29 is 4.52 Å². The second kappa shape index (κ2) is 7.75. The number of aryl methyl sites for hydroxylation is 2. The van der Waals surface area contributed by atoms with Crippen LogP contribution in [0.5, 0.6) is 0 Å². The molecular weight excluding hydrogens is 402 g/mol. The van der Waals surface area contributed by atoms with Gasteiger partial charge >= 0.3 is 0 Å². The number of rotatable bonds is 3. The Kier molecular flexibility index (Phi) is 4.58.